The number of hydrogen-bond acceptors (Lipinski definition) is 4. The van der Waals surface area contributed by atoms with Crippen LogP contribution in [0.1, 0.15) is 16.1 Å². The van der Waals surface area contributed by atoms with Crippen LogP contribution in [0.3, 0.4) is 0 Å². The number of rotatable bonds is 6. The molecule has 0 radical (unpaired) electrons. The van der Waals surface area contributed by atoms with Gasteiger partial charge in [0, 0.05) is 22.5 Å². The molecule has 0 amide bonds. The number of benzene rings is 2. The van der Waals surface area contributed by atoms with Crippen LogP contribution >= 0.6 is 23.4 Å². The Bertz CT molecular complexity index is 1100. The van der Waals surface area contributed by atoms with E-state index >= 15 is 0 Å². The topological polar surface area (TPSA) is 63.6 Å². The molecule has 7 heteroatoms. The number of nitrogens with one attached hydrogen (secondary N) is 1. The highest BCUT2D eigenvalue weighted by molar-refractivity contribution is 7.99. The summed E-state index contributed by atoms with van der Waals surface area (Å²) in [5.74, 6) is 0.999. The molecule has 0 fully saturated rings. The Morgan fingerprint density at radius 3 is 2.64 bits per heavy atom. The van der Waals surface area contributed by atoms with Gasteiger partial charge in [-0.1, -0.05) is 47.1 Å². The van der Waals surface area contributed by atoms with Crippen LogP contribution in [0.25, 0.3) is 17.1 Å². The van der Waals surface area contributed by atoms with E-state index in [0.717, 1.165) is 22.6 Å². The van der Waals surface area contributed by atoms with Gasteiger partial charge < -0.3 is 4.98 Å². The van der Waals surface area contributed by atoms with Crippen LogP contribution in [-0.2, 0) is 0 Å². The molecule has 0 bridgehead atoms. The number of nitrogens with zero attached hydrogens (tertiary/aromatic N) is 3. The average Bonchev–Trinajstić information content (AvgIpc) is 3.37. The van der Waals surface area contributed by atoms with Gasteiger partial charge in [-0.3, -0.25) is 9.36 Å². The van der Waals surface area contributed by atoms with Crippen LogP contribution in [0.15, 0.2) is 72.0 Å². The maximum atomic E-state index is 12.4. The lowest BCUT2D eigenvalue weighted by atomic mass is 10.1. The quantitative estimate of drug-likeness (QED) is 0.352. The Morgan fingerprint density at radius 2 is 1.93 bits per heavy atom. The van der Waals surface area contributed by atoms with Crippen LogP contribution in [0.2, 0.25) is 5.02 Å². The summed E-state index contributed by atoms with van der Waals surface area (Å²) in [5, 5.41) is 10.1. The van der Waals surface area contributed by atoms with Gasteiger partial charge in [-0.2, -0.15) is 0 Å². The van der Waals surface area contributed by atoms with E-state index in [1.807, 2.05) is 60.0 Å². The lowest BCUT2D eigenvalue weighted by Gasteiger charge is -2.10. The van der Waals surface area contributed by atoms with Gasteiger partial charge in [-0.15, -0.1) is 10.2 Å². The summed E-state index contributed by atoms with van der Waals surface area (Å²) in [6, 6.07) is 19.2. The molecule has 2 aromatic carbocycles. The minimum Gasteiger partial charge on any atom is -0.359 e. The Labute approximate surface area is 171 Å². The smallest absolute Gasteiger partial charge is 0.196 e. The predicted octanol–water partition coefficient (Wildman–Crippen LogP) is 5.20. The molecule has 5 nitrogen and oxygen atoms in total. The summed E-state index contributed by atoms with van der Waals surface area (Å²) < 4.78 is 1.96. The number of aromatic amines is 1. The first kappa shape index (κ1) is 18.5. The third kappa shape index (κ3) is 3.88. The molecule has 140 valence electrons. The lowest BCUT2D eigenvalue weighted by molar-refractivity contribution is 0.101. The van der Waals surface area contributed by atoms with Crippen molar-refractivity contribution >= 4 is 29.1 Å². The molecular formula is C21H17ClN4OS. The number of halogens is 1. The van der Waals surface area contributed by atoms with Crippen LogP contribution < -0.4 is 0 Å². The van der Waals surface area contributed by atoms with Crippen molar-refractivity contribution in [3.8, 4) is 17.1 Å². The van der Waals surface area contributed by atoms with Crippen molar-refractivity contribution in [1.82, 2.24) is 19.7 Å². The molecule has 28 heavy (non-hydrogen) atoms. The summed E-state index contributed by atoms with van der Waals surface area (Å²) in [7, 11) is 0. The van der Waals surface area contributed by atoms with Gasteiger partial charge in [0.25, 0.3) is 0 Å². The highest BCUT2D eigenvalue weighted by atomic mass is 35.5. The highest BCUT2D eigenvalue weighted by Crippen LogP contribution is 2.29. The molecular weight excluding hydrogens is 392 g/mol. The predicted molar refractivity (Wildman–Crippen MR) is 112 cm³/mol. The zero-order chi connectivity index (χ0) is 19.5. The van der Waals surface area contributed by atoms with Crippen LogP contribution in [0.4, 0.5) is 0 Å². The minimum atomic E-state index is 0.0118. The van der Waals surface area contributed by atoms with Crippen molar-refractivity contribution in [3.63, 3.8) is 0 Å². The van der Waals surface area contributed by atoms with Crippen LogP contribution in [0.5, 0.6) is 0 Å². The fourth-order valence-corrected chi connectivity index (χ4v) is 3.83. The highest BCUT2D eigenvalue weighted by Gasteiger charge is 2.18. The number of carbonyl (C=O) groups is 1. The van der Waals surface area contributed by atoms with Crippen LogP contribution in [-0.4, -0.2) is 31.3 Å². The van der Waals surface area contributed by atoms with Crippen LogP contribution in [0, 0.1) is 6.92 Å². The molecule has 0 aliphatic rings. The summed E-state index contributed by atoms with van der Waals surface area (Å²) in [6.45, 7) is 2.04. The number of hydrogen-bond donors (Lipinski definition) is 1. The molecule has 4 aromatic rings. The number of carbonyl (C=O) groups excluding carboxylic acids is 1. The van der Waals surface area contributed by atoms with Gasteiger partial charge in [0.15, 0.2) is 16.8 Å². The monoisotopic (exact) mass is 408 g/mol. The van der Waals surface area contributed by atoms with Crippen molar-refractivity contribution in [2.45, 2.75) is 12.1 Å². The SMILES string of the molecule is Cc1cccc(-c2nnc(SCC(=O)c3ccc[nH]3)n2-c2ccc(Cl)cc2)c1. The second kappa shape index (κ2) is 8.04. The zero-order valence-electron chi connectivity index (χ0n) is 15.1. The summed E-state index contributed by atoms with van der Waals surface area (Å²) in [4.78, 5) is 15.3. The summed E-state index contributed by atoms with van der Waals surface area (Å²) in [5.41, 5.74) is 3.58. The molecule has 0 unspecified atom stereocenters. The van der Waals surface area contributed by atoms with Gasteiger partial charge in [0.2, 0.25) is 0 Å². The third-order valence-electron chi connectivity index (χ3n) is 4.23. The first-order valence-electron chi connectivity index (χ1n) is 8.69. The van der Waals surface area contributed by atoms with Crippen molar-refractivity contribution in [2.24, 2.45) is 0 Å². The number of aromatic nitrogens is 4. The second-order valence-electron chi connectivity index (χ2n) is 6.28. The Hall–Kier alpha value is -2.83. The van der Waals surface area contributed by atoms with Crippen molar-refractivity contribution in [1.29, 1.82) is 0 Å². The number of thioether (sulfide) groups is 1. The standard InChI is InChI=1S/C21H17ClN4OS/c1-14-4-2-5-15(12-14)20-24-25-21(26(20)17-9-7-16(22)8-10-17)28-13-19(27)18-6-3-11-23-18/h2-12,23H,13H2,1H3. The van der Waals surface area contributed by atoms with Crippen molar-refractivity contribution < 1.29 is 4.79 Å². The minimum absolute atomic E-state index is 0.0118. The molecule has 4 rings (SSSR count). The Morgan fingerprint density at radius 1 is 1.11 bits per heavy atom. The van der Waals surface area contributed by atoms with E-state index in [4.69, 9.17) is 11.6 Å². The van der Waals surface area contributed by atoms with E-state index in [0.29, 0.717) is 15.9 Å². The second-order valence-corrected chi connectivity index (χ2v) is 7.66. The van der Waals surface area contributed by atoms with E-state index in [2.05, 4.69) is 21.2 Å². The first-order chi connectivity index (χ1) is 13.6. The maximum absolute atomic E-state index is 12.4. The lowest BCUT2D eigenvalue weighted by Crippen LogP contribution is -2.05. The van der Waals surface area contributed by atoms with Gasteiger partial charge in [0.05, 0.1) is 11.4 Å². The molecule has 0 aliphatic heterocycles. The first-order valence-corrected chi connectivity index (χ1v) is 10.1. The molecule has 2 heterocycles. The molecule has 0 saturated carbocycles. The van der Waals surface area contributed by atoms with E-state index in [-0.39, 0.29) is 11.5 Å². The number of H-pyrrole nitrogens is 1. The Kier molecular flexibility index (Phi) is 5.32. The van der Waals surface area contributed by atoms with E-state index in [1.165, 1.54) is 11.8 Å². The zero-order valence-corrected chi connectivity index (χ0v) is 16.7. The van der Waals surface area contributed by atoms with E-state index in [9.17, 15) is 4.79 Å². The molecule has 0 spiro atoms. The van der Waals surface area contributed by atoms with Crippen molar-refractivity contribution in [3.05, 3.63) is 83.1 Å². The summed E-state index contributed by atoms with van der Waals surface area (Å²) in [6.07, 6.45) is 1.74. The molecule has 0 atom stereocenters. The van der Waals surface area contributed by atoms with E-state index < -0.39 is 0 Å². The third-order valence-corrected chi connectivity index (χ3v) is 5.41. The largest absolute Gasteiger partial charge is 0.359 e. The number of ketones is 1. The molecule has 0 aliphatic carbocycles. The number of Topliss-reactive ketones (excluding diaryl/α,β-unsaturated/α-hetero) is 1. The maximum Gasteiger partial charge on any atom is 0.196 e. The van der Waals surface area contributed by atoms with Gasteiger partial charge in [-0.05, 0) is 49.4 Å². The molecule has 1 N–H and O–H groups in total. The normalized spacial score (nSPS) is 10.9. The van der Waals surface area contributed by atoms with Gasteiger partial charge in [-0.25, -0.2) is 0 Å². The van der Waals surface area contributed by atoms with Crippen molar-refractivity contribution in [2.75, 3.05) is 5.75 Å². The van der Waals surface area contributed by atoms with E-state index in [1.54, 1.807) is 12.3 Å². The fraction of sp³-hybridized carbons (Fsp3) is 0.0952. The Balaban J connectivity index is 1.72. The van der Waals surface area contributed by atoms with Gasteiger partial charge in [0.1, 0.15) is 0 Å². The average molecular weight is 409 g/mol. The summed E-state index contributed by atoms with van der Waals surface area (Å²) >= 11 is 7.42. The number of aryl methyl sites for hydroxylation is 1. The molecule has 2 aromatic heterocycles. The fourth-order valence-electron chi connectivity index (χ4n) is 2.87. The van der Waals surface area contributed by atoms with Gasteiger partial charge >= 0.3 is 0 Å². The molecule has 0 saturated heterocycles.